The number of hydrogen-bond acceptors (Lipinski definition) is 3. The number of nitrogens with zero attached hydrogens (tertiary/aromatic N) is 2. The first-order valence-corrected chi connectivity index (χ1v) is 7.68. The van der Waals surface area contributed by atoms with Gasteiger partial charge in [0, 0.05) is 19.6 Å². The molecule has 0 radical (unpaired) electrons. The molecule has 2 atom stereocenters. The van der Waals surface area contributed by atoms with E-state index in [0.29, 0.717) is 0 Å². The van der Waals surface area contributed by atoms with E-state index in [2.05, 4.69) is 23.9 Å². The summed E-state index contributed by atoms with van der Waals surface area (Å²) < 4.78 is 0. The fourth-order valence-electron chi connectivity index (χ4n) is 3.76. The molecule has 18 heavy (non-hydrogen) atoms. The fourth-order valence-corrected chi connectivity index (χ4v) is 3.76. The van der Waals surface area contributed by atoms with Crippen molar-refractivity contribution in [2.45, 2.75) is 44.6 Å². The number of likely N-dealkylation sites (tertiary alicyclic amines) is 1. The summed E-state index contributed by atoms with van der Waals surface area (Å²) in [6, 6.07) is 0. The molecule has 0 bridgehead atoms. The normalized spacial score (nSPS) is 28.3. The minimum Gasteiger partial charge on any atom is -0.392 e. The van der Waals surface area contributed by atoms with Gasteiger partial charge in [-0.1, -0.05) is 25.7 Å². The maximum Gasteiger partial charge on any atom is 0.0669 e. The Bertz CT molecular complexity index is 241. The third-order valence-corrected chi connectivity index (χ3v) is 4.66. The molecular weight excluding hydrogens is 224 g/mol. The second-order valence-corrected chi connectivity index (χ2v) is 6.68. The monoisotopic (exact) mass is 254 g/mol. The SMILES string of the molecule is CN1CCC(CN(C)CC(O)CC2CCCC2)C1. The fraction of sp³-hybridized carbons (Fsp3) is 1.00. The first-order valence-electron chi connectivity index (χ1n) is 7.68. The zero-order valence-corrected chi connectivity index (χ0v) is 12.1. The number of aliphatic hydroxyl groups is 1. The lowest BCUT2D eigenvalue weighted by molar-refractivity contribution is 0.0960. The zero-order chi connectivity index (χ0) is 13.0. The predicted octanol–water partition coefficient (Wildman–Crippen LogP) is 1.81. The molecule has 2 unspecified atom stereocenters. The molecule has 1 saturated heterocycles. The standard InChI is InChI=1S/C15H30N2O/c1-16-8-7-14(10-16)11-17(2)12-15(18)9-13-5-3-4-6-13/h13-15,18H,3-12H2,1-2H3. The Morgan fingerprint density at radius 2 is 1.94 bits per heavy atom. The Kier molecular flexibility index (Phi) is 5.46. The molecule has 3 heteroatoms. The quantitative estimate of drug-likeness (QED) is 0.783. The van der Waals surface area contributed by atoms with Crippen LogP contribution in [0.15, 0.2) is 0 Å². The van der Waals surface area contributed by atoms with Crippen LogP contribution < -0.4 is 0 Å². The molecule has 1 heterocycles. The highest BCUT2D eigenvalue weighted by molar-refractivity contribution is 4.77. The van der Waals surface area contributed by atoms with Gasteiger partial charge in [-0.15, -0.1) is 0 Å². The highest BCUT2D eigenvalue weighted by Crippen LogP contribution is 2.28. The van der Waals surface area contributed by atoms with Crippen LogP contribution in [0.5, 0.6) is 0 Å². The van der Waals surface area contributed by atoms with Crippen molar-refractivity contribution in [3.8, 4) is 0 Å². The van der Waals surface area contributed by atoms with E-state index in [1.165, 1.54) is 45.2 Å². The van der Waals surface area contributed by atoms with Crippen molar-refractivity contribution >= 4 is 0 Å². The van der Waals surface area contributed by atoms with Crippen molar-refractivity contribution in [2.75, 3.05) is 40.3 Å². The van der Waals surface area contributed by atoms with Crippen LogP contribution >= 0.6 is 0 Å². The largest absolute Gasteiger partial charge is 0.392 e. The Balaban J connectivity index is 1.61. The summed E-state index contributed by atoms with van der Waals surface area (Å²) in [5, 5.41) is 10.2. The first-order chi connectivity index (χ1) is 8.63. The van der Waals surface area contributed by atoms with Crippen molar-refractivity contribution in [1.29, 1.82) is 0 Å². The van der Waals surface area contributed by atoms with E-state index in [1.54, 1.807) is 0 Å². The zero-order valence-electron chi connectivity index (χ0n) is 12.1. The molecule has 0 amide bonds. The highest BCUT2D eigenvalue weighted by Gasteiger charge is 2.23. The Labute approximate surface area is 112 Å². The van der Waals surface area contributed by atoms with Gasteiger partial charge in [0.25, 0.3) is 0 Å². The van der Waals surface area contributed by atoms with Gasteiger partial charge < -0.3 is 14.9 Å². The summed E-state index contributed by atoms with van der Waals surface area (Å²) >= 11 is 0. The highest BCUT2D eigenvalue weighted by atomic mass is 16.3. The molecule has 2 fully saturated rings. The summed E-state index contributed by atoms with van der Waals surface area (Å²) in [5.74, 6) is 1.60. The van der Waals surface area contributed by atoms with Crippen molar-refractivity contribution in [2.24, 2.45) is 11.8 Å². The third-order valence-electron chi connectivity index (χ3n) is 4.66. The summed E-state index contributed by atoms with van der Waals surface area (Å²) in [7, 11) is 4.37. The van der Waals surface area contributed by atoms with E-state index in [9.17, 15) is 5.11 Å². The Morgan fingerprint density at radius 3 is 2.56 bits per heavy atom. The molecule has 2 rings (SSSR count). The van der Waals surface area contributed by atoms with E-state index < -0.39 is 0 Å². The minimum atomic E-state index is -0.114. The number of hydrogen-bond donors (Lipinski definition) is 1. The van der Waals surface area contributed by atoms with E-state index in [4.69, 9.17) is 0 Å². The van der Waals surface area contributed by atoms with E-state index >= 15 is 0 Å². The average Bonchev–Trinajstić information content (AvgIpc) is 2.90. The van der Waals surface area contributed by atoms with E-state index in [0.717, 1.165) is 31.3 Å². The van der Waals surface area contributed by atoms with Gasteiger partial charge in [0.15, 0.2) is 0 Å². The maximum atomic E-state index is 10.2. The van der Waals surface area contributed by atoms with Crippen LogP contribution in [0.2, 0.25) is 0 Å². The van der Waals surface area contributed by atoms with Crippen LogP contribution in [0.1, 0.15) is 38.5 Å². The van der Waals surface area contributed by atoms with Gasteiger partial charge in [-0.05, 0) is 45.3 Å². The molecule has 1 N–H and O–H groups in total. The van der Waals surface area contributed by atoms with Gasteiger partial charge in [-0.2, -0.15) is 0 Å². The number of aliphatic hydroxyl groups excluding tert-OH is 1. The van der Waals surface area contributed by atoms with E-state index in [-0.39, 0.29) is 6.10 Å². The Morgan fingerprint density at radius 1 is 1.22 bits per heavy atom. The van der Waals surface area contributed by atoms with E-state index in [1.807, 2.05) is 0 Å². The smallest absolute Gasteiger partial charge is 0.0669 e. The molecule has 1 aliphatic heterocycles. The molecule has 0 aromatic rings. The Hall–Kier alpha value is -0.120. The average molecular weight is 254 g/mol. The molecule has 1 aliphatic carbocycles. The van der Waals surface area contributed by atoms with Gasteiger partial charge >= 0.3 is 0 Å². The summed E-state index contributed by atoms with van der Waals surface area (Å²) in [6.45, 7) is 4.47. The van der Waals surface area contributed by atoms with Crippen LogP contribution in [-0.2, 0) is 0 Å². The molecule has 0 spiro atoms. The predicted molar refractivity (Wildman–Crippen MR) is 75.7 cm³/mol. The molecule has 106 valence electrons. The van der Waals surface area contributed by atoms with Crippen LogP contribution in [-0.4, -0.2) is 61.3 Å². The minimum absolute atomic E-state index is 0.114. The lowest BCUT2D eigenvalue weighted by Gasteiger charge is -2.24. The van der Waals surface area contributed by atoms with Crippen LogP contribution in [0.3, 0.4) is 0 Å². The molecular formula is C15H30N2O. The van der Waals surface area contributed by atoms with Gasteiger partial charge in [0.1, 0.15) is 0 Å². The summed E-state index contributed by atoms with van der Waals surface area (Å²) in [5.41, 5.74) is 0. The topological polar surface area (TPSA) is 26.7 Å². The van der Waals surface area contributed by atoms with Gasteiger partial charge in [0.05, 0.1) is 6.10 Å². The van der Waals surface area contributed by atoms with Gasteiger partial charge in [-0.3, -0.25) is 0 Å². The third kappa shape index (κ3) is 4.52. The van der Waals surface area contributed by atoms with Crippen molar-refractivity contribution < 1.29 is 5.11 Å². The van der Waals surface area contributed by atoms with Crippen molar-refractivity contribution in [1.82, 2.24) is 9.80 Å². The number of likely N-dealkylation sites (N-methyl/N-ethyl adjacent to an activating group) is 1. The molecule has 0 aromatic heterocycles. The van der Waals surface area contributed by atoms with Crippen LogP contribution in [0.25, 0.3) is 0 Å². The van der Waals surface area contributed by atoms with Gasteiger partial charge in [-0.25, -0.2) is 0 Å². The van der Waals surface area contributed by atoms with Crippen molar-refractivity contribution in [3.63, 3.8) is 0 Å². The van der Waals surface area contributed by atoms with Crippen LogP contribution in [0.4, 0.5) is 0 Å². The van der Waals surface area contributed by atoms with Crippen LogP contribution in [0, 0.1) is 11.8 Å². The number of rotatable bonds is 6. The maximum absolute atomic E-state index is 10.2. The van der Waals surface area contributed by atoms with Crippen molar-refractivity contribution in [3.05, 3.63) is 0 Å². The van der Waals surface area contributed by atoms with Gasteiger partial charge in [0.2, 0.25) is 0 Å². The molecule has 0 aromatic carbocycles. The lowest BCUT2D eigenvalue weighted by Crippen LogP contribution is -2.34. The second-order valence-electron chi connectivity index (χ2n) is 6.68. The molecule has 3 nitrogen and oxygen atoms in total. The first kappa shape index (κ1) is 14.3. The summed E-state index contributed by atoms with van der Waals surface area (Å²) in [6.07, 6.45) is 7.66. The molecule has 1 saturated carbocycles. The lowest BCUT2D eigenvalue weighted by atomic mass is 9.99. The molecule has 2 aliphatic rings. The second kappa shape index (κ2) is 6.88. The summed E-state index contributed by atoms with van der Waals surface area (Å²) in [4.78, 5) is 4.75.